The van der Waals surface area contributed by atoms with Gasteiger partial charge in [-0.2, -0.15) is 0 Å². The fourth-order valence-corrected chi connectivity index (χ4v) is 2.68. The van der Waals surface area contributed by atoms with Gasteiger partial charge < -0.3 is 10.6 Å². The largest absolute Gasteiger partial charge is 0.324 e. The number of halogens is 2. The van der Waals surface area contributed by atoms with Crippen LogP contribution < -0.4 is 10.6 Å². The first kappa shape index (κ1) is 19.2. The van der Waals surface area contributed by atoms with Crippen molar-refractivity contribution in [1.29, 1.82) is 0 Å². The van der Waals surface area contributed by atoms with E-state index in [1.54, 1.807) is 48.3 Å². The molecule has 0 aliphatic rings. The van der Waals surface area contributed by atoms with E-state index in [0.29, 0.717) is 21.4 Å². The number of carbonyl (C=O) groups excluding carboxylic acids is 2. The van der Waals surface area contributed by atoms with E-state index in [-0.39, 0.29) is 24.9 Å². The van der Waals surface area contributed by atoms with E-state index in [4.69, 9.17) is 23.2 Å². The fourth-order valence-electron chi connectivity index (χ4n) is 2.21. The van der Waals surface area contributed by atoms with Gasteiger partial charge >= 0.3 is 0 Å². The van der Waals surface area contributed by atoms with Gasteiger partial charge in [0.1, 0.15) is 0 Å². The summed E-state index contributed by atoms with van der Waals surface area (Å²) in [6.45, 7) is 2.03. The van der Waals surface area contributed by atoms with Crippen molar-refractivity contribution in [2.75, 3.05) is 30.8 Å². The van der Waals surface area contributed by atoms with Gasteiger partial charge in [0.05, 0.1) is 34.5 Å². The SMILES string of the molecule is Cc1ccc(NC(=O)CN(C)CC(=O)Nc2ccccc2Cl)c(Cl)c1. The van der Waals surface area contributed by atoms with Crippen LogP contribution in [-0.2, 0) is 9.59 Å². The topological polar surface area (TPSA) is 61.4 Å². The summed E-state index contributed by atoms with van der Waals surface area (Å²) in [6.07, 6.45) is 0. The molecule has 2 amide bonds. The van der Waals surface area contributed by atoms with E-state index in [9.17, 15) is 9.59 Å². The maximum atomic E-state index is 12.1. The predicted molar refractivity (Wildman–Crippen MR) is 102 cm³/mol. The number of likely N-dealkylation sites (N-methyl/N-ethyl adjacent to an activating group) is 1. The molecule has 7 heteroatoms. The lowest BCUT2D eigenvalue weighted by molar-refractivity contribution is -0.119. The molecule has 0 aliphatic carbocycles. The third-order valence-electron chi connectivity index (χ3n) is 3.37. The molecule has 0 aromatic heterocycles. The number of rotatable bonds is 6. The smallest absolute Gasteiger partial charge is 0.238 e. The monoisotopic (exact) mass is 379 g/mol. The number of benzene rings is 2. The van der Waals surface area contributed by atoms with Crippen molar-refractivity contribution in [3.8, 4) is 0 Å². The zero-order valence-corrected chi connectivity index (χ0v) is 15.5. The van der Waals surface area contributed by atoms with E-state index in [0.717, 1.165) is 5.56 Å². The minimum atomic E-state index is -0.253. The molecular formula is C18H19Cl2N3O2. The average Bonchev–Trinajstić information content (AvgIpc) is 2.52. The summed E-state index contributed by atoms with van der Waals surface area (Å²) < 4.78 is 0. The van der Waals surface area contributed by atoms with Crippen LogP contribution >= 0.6 is 23.2 Å². The van der Waals surface area contributed by atoms with Crippen molar-refractivity contribution < 1.29 is 9.59 Å². The summed E-state index contributed by atoms with van der Waals surface area (Å²) in [4.78, 5) is 25.7. The van der Waals surface area contributed by atoms with Crippen molar-refractivity contribution >= 4 is 46.4 Å². The van der Waals surface area contributed by atoms with Gasteiger partial charge in [-0.15, -0.1) is 0 Å². The first-order chi connectivity index (χ1) is 11.8. The zero-order valence-electron chi connectivity index (χ0n) is 14.0. The molecule has 2 aromatic carbocycles. The second-order valence-corrected chi connectivity index (χ2v) is 6.55. The highest BCUT2D eigenvalue weighted by Gasteiger charge is 2.13. The van der Waals surface area contributed by atoms with E-state index < -0.39 is 0 Å². The van der Waals surface area contributed by atoms with Crippen LogP contribution in [-0.4, -0.2) is 36.9 Å². The molecule has 132 valence electrons. The summed E-state index contributed by atoms with van der Waals surface area (Å²) in [7, 11) is 1.68. The Balaban J connectivity index is 1.84. The van der Waals surface area contributed by atoms with Gasteiger partial charge in [-0.05, 0) is 43.8 Å². The lowest BCUT2D eigenvalue weighted by atomic mass is 10.2. The van der Waals surface area contributed by atoms with Crippen LogP contribution in [0.2, 0.25) is 10.0 Å². The van der Waals surface area contributed by atoms with E-state index in [1.165, 1.54) is 0 Å². The molecule has 2 rings (SSSR count). The van der Waals surface area contributed by atoms with Crippen LogP contribution in [0.4, 0.5) is 11.4 Å². The molecule has 2 aromatic rings. The van der Waals surface area contributed by atoms with E-state index in [1.807, 2.05) is 13.0 Å². The molecule has 0 radical (unpaired) electrons. The van der Waals surface area contributed by atoms with Gasteiger partial charge in [0, 0.05) is 0 Å². The normalized spacial score (nSPS) is 10.6. The number of amides is 2. The Kier molecular flexibility index (Phi) is 6.82. The van der Waals surface area contributed by atoms with E-state index in [2.05, 4.69) is 10.6 Å². The minimum absolute atomic E-state index is 0.0557. The highest BCUT2D eigenvalue weighted by Crippen LogP contribution is 2.22. The first-order valence-electron chi connectivity index (χ1n) is 7.64. The molecule has 0 unspecified atom stereocenters. The van der Waals surface area contributed by atoms with E-state index >= 15 is 0 Å². The van der Waals surface area contributed by atoms with Crippen molar-refractivity contribution in [3.05, 3.63) is 58.1 Å². The maximum Gasteiger partial charge on any atom is 0.238 e. The van der Waals surface area contributed by atoms with Gasteiger partial charge in [-0.1, -0.05) is 41.4 Å². The first-order valence-corrected chi connectivity index (χ1v) is 8.39. The number of hydrogen-bond donors (Lipinski definition) is 2. The molecule has 5 nitrogen and oxygen atoms in total. The number of hydrogen-bond acceptors (Lipinski definition) is 3. The number of nitrogens with zero attached hydrogens (tertiary/aromatic N) is 1. The summed E-state index contributed by atoms with van der Waals surface area (Å²) >= 11 is 12.1. The Hall–Kier alpha value is -2.08. The zero-order chi connectivity index (χ0) is 18.4. The number of aryl methyl sites for hydroxylation is 1. The Morgan fingerprint density at radius 3 is 2.04 bits per heavy atom. The number of anilines is 2. The third-order valence-corrected chi connectivity index (χ3v) is 4.02. The minimum Gasteiger partial charge on any atom is -0.324 e. The standard InChI is InChI=1S/C18H19Cl2N3O2/c1-12-7-8-16(14(20)9-12)22-18(25)11-23(2)10-17(24)21-15-6-4-3-5-13(15)19/h3-9H,10-11H2,1-2H3,(H,21,24)(H,22,25). The summed E-state index contributed by atoms with van der Waals surface area (Å²) in [5.41, 5.74) is 2.10. The molecule has 0 heterocycles. The van der Waals surface area contributed by atoms with Crippen LogP contribution in [0.1, 0.15) is 5.56 Å². The Morgan fingerprint density at radius 1 is 0.920 bits per heavy atom. The van der Waals surface area contributed by atoms with Gasteiger partial charge in [0.25, 0.3) is 0 Å². The summed E-state index contributed by atoms with van der Waals surface area (Å²) in [5, 5.41) is 6.39. The van der Waals surface area contributed by atoms with Crippen molar-refractivity contribution in [1.82, 2.24) is 4.90 Å². The third kappa shape index (κ3) is 6.05. The Labute approximate surface area is 156 Å². The summed E-state index contributed by atoms with van der Waals surface area (Å²) in [5.74, 6) is -0.504. The van der Waals surface area contributed by atoms with Crippen LogP contribution in [0.25, 0.3) is 0 Å². The molecule has 0 aliphatic heterocycles. The second kappa shape index (κ2) is 8.85. The predicted octanol–water partition coefficient (Wildman–Crippen LogP) is 3.81. The molecular weight excluding hydrogens is 361 g/mol. The molecule has 0 fully saturated rings. The Morgan fingerprint density at radius 2 is 1.48 bits per heavy atom. The summed E-state index contributed by atoms with van der Waals surface area (Å²) in [6, 6.07) is 12.4. The van der Waals surface area contributed by atoms with Crippen LogP contribution in [0.15, 0.2) is 42.5 Å². The highest BCUT2D eigenvalue weighted by molar-refractivity contribution is 6.34. The quantitative estimate of drug-likeness (QED) is 0.801. The maximum absolute atomic E-state index is 12.1. The van der Waals surface area contributed by atoms with Crippen LogP contribution in [0, 0.1) is 6.92 Å². The molecule has 0 atom stereocenters. The van der Waals surface area contributed by atoms with Gasteiger partial charge in [0.2, 0.25) is 11.8 Å². The lowest BCUT2D eigenvalue weighted by Crippen LogP contribution is -2.36. The van der Waals surface area contributed by atoms with Crippen LogP contribution in [0.3, 0.4) is 0 Å². The lowest BCUT2D eigenvalue weighted by Gasteiger charge is -2.16. The average molecular weight is 380 g/mol. The number of nitrogens with one attached hydrogen (secondary N) is 2. The second-order valence-electron chi connectivity index (χ2n) is 5.73. The highest BCUT2D eigenvalue weighted by atomic mass is 35.5. The molecule has 0 saturated carbocycles. The number of carbonyl (C=O) groups is 2. The van der Waals surface area contributed by atoms with Crippen LogP contribution in [0.5, 0.6) is 0 Å². The molecule has 2 N–H and O–H groups in total. The molecule has 0 spiro atoms. The molecule has 25 heavy (non-hydrogen) atoms. The van der Waals surface area contributed by atoms with Crippen molar-refractivity contribution in [3.63, 3.8) is 0 Å². The van der Waals surface area contributed by atoms with Crippen molar-refractivity contribution in [2.45, 2.75) is 6.92 Å². The van der Waals surface area contributed by atoms with Crippen molar-refractivity contribution in [2.24, 2.45) is 0 Å². The van der Waals surface area contributed by atoms with Gasteiger partial charge in [0.15, 0.2) is 0 Å². The fraction of sp³-hybridized carbons (Fsp3) is 0.222. The Bertz CT molecular complexity index is 781. The number of para-hydroxylation sites is 1. The molecule has 0 saturated heterocycles. The van der Waals surface area contributed by atoms with Gasteiger partial charge in [-0.25, -0.2) is 0 Å². The molecule has 0 bridgehead atoms. The van der Waals surface area contributed by atoms with Gasteiger partial charge in [-0.3, -0.25) is 14.5 Å².